The van der Waals surface area contributed by atoms with E-state index in [1.54, 1.807) is 6.92 Å². The monoisotopic (exact) mass is 348 g/mol. The van der Waals surface area contributed by atoms with Crippen LogP contribution in [0.4, 0.5) is 5.82 Å². The Morgan fingerprint density at radius 2 is 1.88 bits per heavy atom. The van der Waals surface area contributed by atoms with Crippen LogP contribution in [0.5, 0.6) is 0 Å². The summed E-state index contributed by atoms with van der Waals surface area (Å²) in [6.07, 6.45) is 0.505. The van der Waals surface area contributed by atoms with E-state index in [0.29, 0.717) is 23.6 Å². The van der Waals surface area contributed by atoms with Crippen molar-refractivity contribution >= 4 is 16.7 Å². The lowest BCUT2D eigenvalue weighted by atomic mass is 10.1. The molecule has 6 nitrogen and oxygen atoms in total. The maximum absolute atomic E-state index is 10.5. The molecular formula is C20H20N4O2. The normalized spacial score (nSPS) is 12.4. The van der Waals surface area contributed by atoms with E-state index in [0.717, 1.165) is 10.9 Å². The molecule has 6 heteroatoms. The van der Waals surface area contributed by atoms with Gasteiger partial charge in [-0.25, -0.2) is 0 Å². The summed E-state index contributed by atoms with van der Waals surface area (Å²) in [4.78, 5) is 0. The molecule has 0 amide bonds. The molecule has 0 saturated heterocycles. The first-order chi connectivity index (χ1) is 12.6. The van der Waals surface area contributed by atoms with Crippen LogP contribution in [-0.4, -0.2) is 20.0 Å². The zero-order valence-corrected chi connectivity index (χ0v) is 14.7. The summed E-state index contributed by atoms with van der Waals surface area (Å²) in [5.74, 6) is 0.626. The number of hydrogen-bond donors (Lipinski definition) is 2. The van der Waals surface area contributed by atoms with Crippen LogP contribution < -0.4 is 5.32 Å². The molecule has 4 aromatic rings. The molecule has 1 unspecified atom stereocenters. The maximum atomic E-state index is 10.5. The Balaban J connectivity index is 1.67. The van der Waals surface area contributed by atoms with Crippen LogP contribution in [0.15, 0.2) is 59.3 Å². The predicted molar refractivity (Wildman–Crippen MR) is 99.8 cm³/mol. The van der Waals surface area contributed by atoms with Crippen molar-refractivity contribution in [1.29, 1.82) is 0 Å². The number of rotatable bonds is 5. The third kappa shape index (κ3) is 3.07. The number of hydrogen-bond acceptors (Lipinski definition) is 5. The SMILES string of the molecule is Cc1ccc(Cn2nc(NC(O)c3conc3C)c3ccccc32)cc1. The lowest BCUT2D eigenvalue weighted by Gasteiger charge is -2.10. The Morgan fingerprint density at radius 3 is 2.62 bits per heavy atom. The second-order valence-electron chi connectivity index (χ2n) is 6.41. The number of nitrogens with zero attached hydrogens (tertiary/aromatic N) is 3. The molecular weight excluding hydrogens is 328 g/mol. The minimum absolute atomic E-state index is 0.599. The summed E-state index contributed by atoms with van der Waals surface area (Å²) in [5, 5.41) is 23.0. The molecule has 0 aliphatic rings. The quantitative estimate of drug-likeness (QED) is 0.537. The maximum Gasteiger partial charge on any atom is 0.158 e. The summed E-state index contributed by atoms with van der Waals surface area (Å²) >= 11 is 0. The number of aromatic nitrogens is 3. The summed E-state index contributed by atoms with van der Waals surface area (Å²) in [5.41, 5.74) is 4.65. The highest BCUT2D eigenvalue weighted by Crippen LogP contribution is 2.27. The molecule has 0 saturated carbocycles. The molecule has 132 valence electrons. The van der Waals surface area contributed by atoms with Crippen molar-refractivity contribution in [2.45, 2.75) is 26.6 Å². The third-order valence-electron chi connectivity index (χ3n) is 4.47. The van der Waals surface area contributed by atoms with Crippen molar-refractivity contribution in [3.63, 3.8) is 0 Å². The molecule has 0 aliphatic heterocycles. The standard InChI is InChI=1S/C20H20N4O2/c1-13-7-9-15(10-8-13)11-24-18-6-4-3-5-16(18)19(22-24)21-20(25)17-12-26-23-14(17)2/h3-10,12,20,25H,11H2,1-2H3,(H,21,22). The molecule has 2 aromatic heterocycles. The van der Waals surface area contributed by atoms with Crippen LogP contribution in [0.3, 0.4) is 0 Å². The number of fused-ring (bicyclic) bond motifs is 1. The second kappa shape index (κ2) is 6.65. The fourth-order valence-corrected chi connectivity index (χ4v) is 2.99. The molecule has 0 fully saturated rings. The summed E-state index contributed by atoms with van der Waals surface area (Å²) in [6.45, 7) is 4.52. The smallest absolute Gasteiger partial charge is 0.158 e. The lowest BCUT2D eigenvalue weighted by molar-refractivity contribution is 0.206. The van der Waals surface area contributed by atoms with Gasteiger partial charge in [0.2, 0.25) is 0 Å². The van der Waals surface area contributed by atoms with Crippen molar-refractivity contribution in [1.82, 2.24) is 14.9 Å². The van der Waals surface area contributed by atoms with Gasteiger partial charge in [0.05, 0.1) is 23.3 Å². The molecule has 0 radical (unpaired) electrons. The first-order valence-electron chi connectivity index (χ1n) is 8.48. The van der Waals surface area contributed by atoms with E-state index in [9.17, 15) is 5.11 Å². The van der Waals surface area contributed by atoms with E-state index in [2.05, 4.69) is 46.8 Å². The lowest BCUT2D eigenvalue weighted by Crippen LogP contribution is -2.11. The Hall–Kier alpha value is -3.12. The van der Waals surface area contributed by atoms with Crippen molar-refractivity contribution in [2.24, 2.45) is 0 Å². The first kappa shape index (κ1) is 16.4. The zero-order valence-electron chi connectivity index (χ0n) is 14.7. The van der Waals surface area contributed by atoms with Gasteiger partial charge in [-0.1, -0.05) is 47.1 Å². The predicted octanol–water partition coefficient (Wildman–Crippen LogP) is 3.79. The number of nitrogens with one attached hydrogen (secondary N) is 1. The number of para-hydroxylation sites is 1. The van der Waals surface area contributed by atoms with Gasteiger partial charge in [0.1, 0.15) is 6.26 Å². The van der Waals surface area contributed by atoms with Gasteiger partial charge < -0.3 is 14.9 Å². The van der Waals surface area contributed by atoms with Crippen molar-refractivity contribution in [3.05, 3.63) is 77.2 Å². The number of benzene rings is 2. The molecule has 0 bridgehead atoms. The number of aryl methyl sites for hydroxylation is 2. The average molecular weight is 348 g/mol. The highest BCUT2D eigenvalue weighted by molar-refractivity contribution is 5.90. The number of aliphatic hydroxyl groups excluding tert-OH is 1. The van der Waals surface area contributed by atoms with Crippen LogP contribution in [0.25, 0.3) is 10.9 Å². The molecule has 4 rings (SSSR count). The fraction of sp³-hybridized carbons (Fsp3) is 0.200. The van der Waals surface area contributed by atoms with Gasteiger partial charge in [0.15, 0.2) is 12.0 Å². The molecule has 2 N–H and O–H groups in total. The molecule has 0 spiro atoms. The second-order valence-corrected chi connectivity index (χ2v) is 6.41. The van der Waals surface area contributed by atoms with Crippen LogP contribution >= 0.6 is 0 Å². The van der Waals surface area contributed by atoms with Gasteiger partial charge in [-0.2, -0.15) is 5.10 Å². The highest BCUT2D eigenvalue weighted by Gasteiger charge is 2.17. The summed E-state index contributed by atoms with van der Waals surface area (Å²) < 4.78 is 6.85. The van der Waals surface area contributed by atoms with Gasteiger partial charge in [-0.15, -0.1) is 0 Å². The number of anilines is 1. The van der Waals surface area contributed by atoms with Crippen LogP contribution in [-0.2, 0) is 6.54 Å². The Morgan fingerprint density at radius 1 is 1.12 bits per heavy atom. The van der Waals surface area contributed by atoms with Gasteiger partial charge in [-0.05, 0) is 31.5 Å². The van der Waals surface area contributed by atoms with E-state index < -0.39 is 6.23 Å². The Kier molecular flexibility index (Phi) is 4.18. The van der Waals surface area contributed by atoms with E-state index in [1.165, 1.54) is 17.4 Å². The van der Waals surface area contributed by atoms with Crippen LogP contribution in [0.1, 0.15) is 28.6 Å². The third-order valence-corrected chi connectivity index (χ3v) is 4.47. The van der Waals surface area contributed by atoms with Crippen LogP contribution in [0.2, 0.25) is 0 Å². The van der Waals surface area contributed by atoms with Crippen molar-refractivity contribution in [3.8, 4) is 0 Å². The molecule has 2 aromatic carbocycles. The number of aliphatic hydroxyl groups is 1. The Labute approximate surface area is 151 Å². The minimum Gasteiger partial charge on any atom is -0.369 e. The topological polar surface area (TPSA) is 76.1 Å². The molecule has 26 heavy (non-hydrogen) atoms. The highest BCUT2D eigenvalue weighted by atomic mass is 16.5. The van der Waals surface area contributed by atoms with Crippen LogP contribution in [0, 0.1) is 13.8 Å². The molecule has 0 aliphatic carbocycles. The molecule has 1 atom stereocenters. The van der Waals surface area contributed by atoms with Gasteiger partial charge in [-0.3, -0.25) is 4.68 Å². The first-order valence-corrected chi connectivity index (χ1v) is 8.48. The average Bonchev–Trinajstić information content (AvgIpc) is 3.22. The van der Waals surface area contributed by atoms with E-state index in [4.69, 9.17) is 4.52 Å². The van der Waals surface area contributed by atoms with Crippen molar-refractivity contribution < 1.29 is 9.63 Å². The Bertz CT molecular complexity index is 1030. The summed E-state index contributed by atoms with van der Waals surface area (Å²) in [6, 6.07) is 16.4. The minimum atomic E-state index is -0.938. The van der Waals surface area contributed by atoms with E-state index in [1.807, 2.05) is 28.9 Å². The van der Waals surface area contributed by atoms with E-state index in [-0.39, 0.29) is 0 Å². The summed E-state index contributed by atoms with van der Waals surface area (Å²) in [7, 11) is 0. The van der Waals surface area contributed by atoms with E-state index >= 15 is 0 Å². The van der Waals surface area contributed by atoms with Gasteiger partial charge >= 0.3 is 0 Å². The fourth-order valence-electron chi connectivity index (χ4n) is 2.99. The van der Waals surface area contributed by atoms with Gasteiger partial charge in [0, 0.05) is 5.39 Å². The molecule has 2 heterocycles. The zero-order chi connectivity index (χ0) is 18.1. The van der Waals surface area contributed by atoms with Crippen molar-refractivity contribution in [2.75, 3.05) is 5.32 Å². The van der Waals surface area contributed by atoms with Gasteiger partial charge in [0.25, 0.3) is 0 Å². The largest absolute Gasteiger partial charge is 0.369 e.